The Labute approximate surface area is 120 Å². The number of carbonyl (C=O) groups excluding carboxylic acids is 2. The van der Waals surface area contributed by atoms with Crippen molar-refractivity contribution >= 4 is 11.9 Å². The van der Waals surface area contributed by atoms with Gasteiger partial charge in [0.15, 0.2) is 0 Å². The molecule has 0 bridgehead atoms. The summed E-state index contributed by atoms with van der Waals surface area (Å²) in [5, 5.41) is 0. The van der Waals surface area contributed by atoms with Gasteiger partial charge in [-0.25, -0.2) is 0 Å². The van der Waals surface area contributed by atoms with Crippen LogP contribution < -0.4 is 0 Å². The van der Waals surface area contributed by atoms with Crippen molar-refractivity contribution in [1.29, 1.82) is 0 Å². The van der Waals surface area contributed by atoms with Gasteiger partial charge in [-0.3, -0.25) is 9.59 Å². The van der Waals surface area contributed by atoms with E-state index in [1.165, 1.54) is 0 Å². The highest BCUT2D eigenvalue weighted by Gasteiger charge is 2.28. The van der Waals surface area contributed by atoms with Gasteiger partial charge in [0.05, 0.1) is 19.4 Å². The Balaban J connectivity index is 2.60. The van der Waals surface area contributed by atoms with Crippen molar-refractivity contribution in [2.24, 2.45) is 0 Å². The van der Waals surface area contributed by atoms with Crippen LogP contribution in [0.2, 0.25) is 0 Å². The average molecular weight is 278 g/mol. The first kappa shape index (κ1) is 16.2. The van der Waals surface area contributed by atoms with Gasteiger partial charge in [-0.2, -0.15) is 0 Å². The molecule has 1 rings (SSSR count). The molecule has 1 aromatic rings. The molecule has 0 aliphatic rings. The predicted octanol–water partition coefficient (Wildman–Crippen LogP) is 3.20. The second-order valence-corrected chi connectivity index (χ2v) is 4.73. The van der Waals surface area contributed by atoms with E-state index >= 15 is 0 Å². The lowest BCUT2D eigenvalue weighted by molar-refractivity contribution is -0.162. The highest BCUT2D eigenvalue weighted by molar-refractivity contribution is 5.77. The summed E-state index contributed by atoms with van der Waals surface area (Å²) in [7, 11) is 0. The molecule has 0 spiro atoms. The van der Waals surface area contributed by atoms with Crippen LogP contribution in [0.3, 0.4) is 0 Å². The molecule has 1 unspecified atom stereocenters. The fourth-order valence-corrected chi connectivity index (χ4v) is 1.87. The average Bonchev–Trinajstić information content (AvgIpc) is 2.46. The highest BCUT2D eigenvalue weighted by Crippen LogP contribution is 2.29. The molecule has 0 aliphatic heterocycles. The Hall–Kier alpha value is -1.84. The smallest absolute Gasteiger partial charge is 0.307 e. The van der Waals surface area contributed by atoms with E-state index in [1.54, 1.807) is 6.92 Å². The van der Waals surface area contributed by atoms with Crippen molar-refractivity contribution in [1.82, 2.24) is 0 Å². The largest absolute Gasteiger partial charge is 0.466 e. The molecular formula is C16H22O4. The Morgan fingerprint density at radius 3 is 2.20 bits per heavy atom. The van der Waals surface area contributed by atoms with Crippen LogP contribution in [0.25, 0.3) is 0 Å². The second-order valence-electron chi connectivity index (χ2n) is 4.73. The standard InChI is InChI=1S/C16H22O4/c1-4-16(3,13-9-7-6-8-10-13)20-15(18)12-11-14(17)19-5-2/h6-10H,4-5,11-12H2,1-3H3. The van der Waals surface area contributed by atoms with Gasteiger partial charge in [-0.1, -0.05) is 37.3 Å². The minimum atomic E-state index is -0.660. The molecule has 0 saturated carbocycles. The van der Waals surface area contributed by atoms with Crippen molar-refractivity contribution in [2.75, 3.05) is 6.61 Å². The first-order valence-corrected chi connectivity index (χ1v) is 6.94. The van der Waals surface area contributed by atoms with E-state index in [1.807, 2.05) is 44.2 Å². The van der Waals surface area contributed by atoms with Crippen LogP contribution in [0.4, 0.5) is 0 Å². The normalized spacial score (nSPS) is 13.3. The molecule has 0 aromatic heterocycles. The number of ether oxygens (including phenoxy) is 2. The van der Waals surface area contributed by atoms with E-state index < -0.39 is 5.60 Å². The first-order chi connectivity index (χ1) is 9.51. The SMILES string of the molecule is CCOC(=O)CCC(=O)OC(C)(CC)c1ccccc1. The summed E-state index contributed by atoms with van der Waals surface area (Å²) in [4.78, 5) is 23.1. The highest BCUT2D eigenvalue weighted by atomic mass is 16.6. The molecule has 1 aromatic carbocycles. The summed E-state index contributed by atoms with van der Waals surface area (Å²) in [6, 6.07) is 9.61. The number of esters is 2. The molecule has 0 aliphatic carbocycles. The Bertz CT molecular complexity index is 441. The van der Waals surface area contributed by atoms with Gasteiger partial charge in [-0.15, -0.1) is 0 Å². The Morgan fingerprint density at radius 1 is 1.05 bits per heavy atom. The Kier molecular flexibility index (Phi) is 6.22. The third-order valence-corrected chi connectivity index (χ3v) is 3.24. The summed E-state index contributed by atoms with van der Waals surface area (Å²) in [5.74, 6) is -0.756. The molecule has 110 valence electrons. The summed E-state index contributed by atoms with van der Waals surface area (Å²) in [6.45, 7) is 5.90. The molecule has 0 radical (unpaired) electrons. The summed E-state index contributed by atoms with van der Waals surface area (Å²) < 4.78 is 10.3. The van der Waals surface area contributed by atoms with Gasteiger partial charge < -0.3 is 9.47 Å². The van der Waals surface area contributed by atoms with Crippen LogP contribution in [0.5, 0.6) is 0 Å². The third-order valence-electron chi connectivity index (χ3n) is 3.24. The van der Waals surface area contributed by atoms with E-state index in [4.69, 9.17) is 9.47 Å². The zero-order valence-electron chi connectivity index (χ0n) is 12.3. The van der Waals surface area contributed by atoms with Crippen LogP contribution in [0.15, 0.2) is 30.3 Å². The van der Waals surface area contributed by atoms with Gasteiger partial charge in [0.1, 0.15) is 5.60 Å². The van der Waals surface area contributed by atoms with E-state index in [2.05, 4.69) is 0 Å². The number of hydrogen-bond donors (Lipinski definition) is 0. The van der Waals surface area contributed by atoms with Crippen LogP contribution in [-0.4, -0.2) is 18.5 Å². The molecule has 1 atom stereocenters. The van der Waals surface area contributed by atoms with Crippen LogP contribution in [-0.2, 0) is 24.7 Å². The fourth-order valence-electron chi connectivity index (χ4n) is 1.87. The molecule has 0 N–H and O–H groups in total. The van der Waals surface area contributed by atoms with Crippen LogP contribution in [0, 0.1) is 0 Å². The van der Waals surface area contributed by atoms with Gasteiger partial charge in [0, 0.05) is 0 Å². The molecule has 4 nitrogen and oxygen atoms in total. The van der Waals surface area contributed by atoms with Crippen LogP contribution >= 0.6 is 0 Å². The minimum Gasteiger partial charge on any atom is -0.466 e. The molecule has 0 fully saturated rings. The summed E-state index contributed by atoms with van der Waals surface area (Å²) in [5.41, 5.74) is 0.291. The van der Waals surface area contributed by atoms with Crippen molar-refractivity contribution in [3.8, 4) is 0 Å². The molecule has 0 amide bonds. The van der Waals surface area contributed by atoms with Crippen molar-refractivity contribution in [3.05, 3.63) is 35.9 Å². The minimum absolute atomic E-state index is 0.0429. The predicted molar refractivity (Wildman–Crippen MR) is 76.0 cm³/mol. The Morgan fingerprint density at radius 2 is 1.65 bits per heavy atom. The number of hydrogen-bond acceptors (Lipinski definition) is 4. The van der Waals surface area contributed by atoms with E-state index in [9.17, 15) is 9.59 Å². The maximum Gasteiger partial charge on any atom is 0.307 e. The lowest BCUT2D eigenvalue weighted by Gasteiger charge is -2.29. The van der Waals surface area contributed by atoms with E-state index in [-0.39, 0.29) is 24.8 Å². The third kappa shape index (κ3) is 4.68. The molecule has 4 heteroatoms. The molecule has 0 saturated heterocycles. The van der Waals surface area contributed by atoms with Crippen molar-refractivity contribution in [3.63, 3.8) is 0 Å². The zero-order chi connectivity index (χ0) is 15.0. The molecular weight excluding hydrogens is 256 g/mol. The maximum absolute atomic E-state index is 11.9. The van der Waals surface area contributed by atoms with Gasteiger partial charge >= 0.3 is 11.9 Å². The van der Waals surface area contributed by atoms with Crippen molar-refractivity contribution < 1.29 is 19.1 Å². The van der Waals surface area contributed by atoms with Gasteiger partial charge in [-0.05, 0) is 25.8 Å². The van der Waals surface area contributed by atoms with Crippen molar-refractivity contribution in [2.45, 2.75) is 45.6 Å². The lowest BCUT2D eigenvalue weighted by Crippen LogP contribution is -2.28. The van der Waals surface area contributed by atoms with Gasteiger partial charge in [0.2, 0.25) is 0 Å². The lowest BCUT2D eigenvalue weighted by atomic mass is 9.93. The summed E-state index contributed by atoms with van der Waals surface area (Å²) in [6.07, 6.45) is 0.769. The zero-order valence-corrected chi connectivity index (χ0v) is 12.3. The quantitative estimate of drug-likeness (QED) is 0.719. The number of rotatable bonds is 7. The second kappa shape index (κ2) is 7.68. The van der Waals surface area contributed by atoms with E-state index in [0.717, 1.165) is 5.56 Å². The molecule has 0 heterocycles. The summed E-state index contributed by atoms with van der Waals surface area (Å²) >= 11 is 0. The van der Waals surface area contributed by atoms with Gasteiger partial charge in [0.25, 0.3) is 0 Å². The maximum atomic E-state index is 11.9. The monoisotopic (exact) mass is 278 g/mol. The van der Waals surface area contributed by atoms with E-state index in [0.29, 0.717) is 13.0 Å². The van der Waals surface area contributed by atoms with Crippen LogP contribution in [0.1, 0.15) is 45.6 Å². The fraction of sp³-hybridized carbons (Fsp3) is 0.500. The molecule has 20 heavy (non-hydrogen) atoms. The number of carbonyl (C=O) groups is 2. The number of benzene rings is 1. The first-order valence-electron chi connectivity index (χ1n) is 6.94. The topological polar surface area (TPSA) is 52.6 Å².